The third-order valence-corrected chi connectivity index (χ3v) is 10.6. The maximum atomic E-state index is 14.6. The Kier molecular flexibility index (Phi) is 11.3. The monoisotopic (exact) mass is 675 g/mol. The van der Waals surface area contributed by atoms with E-state index in [0.29, 0.717) is 21.8 Å². The zero-order chi connectivity index (χ0) is 33.4. The van der Waals surface area contributed by atoms with Crippen molar-refractivity contribution in [2.24, 2.45) is 0 Å². The number of rotatable bonds is 12. The summed E-state index contributed by atoms with van der Waals surface area (Å²) in [6, 6.07) is 26.9. The summed E-state index contributed by atoms with van der Waals surface area (Å²) in [7, 11) is -4.25. The predicted molar refractivity (Wildman–Crippen MR) is 183 cm³/mol. The number of aryl methyl sites for hydroxylation is 1. The van der Waals surface area contributed by atoms with E-state index >= 15 is 0 Å². The van der Waals surface area contributed by atoms with Gasteiger partial charge in [-0.15, -0.1) is 0 Å². The number of nitrogens with one attached hydrogen (secondary N) is 1. The Morgan fingerprint density at radius 2 is 1.49 bits per heavy atom. The lowest BCUT2D eigenvalue weighted by atomic mass is 9.94. The van der Waals surface area contributed by atoms with Gasteiger partial charge in [-0.1, -0.05) is 91.5 Å². The molecule has 0 aromatic heterocycles. The number of hydrogen-bond donors (Lipinski definition) is 1. The van der Waals surface area contributed by atoms with Gasteiger partial charge in [0.15, 0.2) is 0 Å². The maximum absolute atomic E-state index is 14.6. The van der Waals surface area contributed by atoms with Gasteiger partial charge in [0.05, 0.1) is 10.6 Å². The van der Waals surface area contributed by atoms with Crippen molar-refractivity contribution in [1.29, 1.82) is 0 Å². The van der Waals surface area contributed by atoms with Crippen LogP contribution in [0.5, 0.6) is 0 Å². The van der Waals surface area contributed by atoms with Gasteiger partial charge < -0.3 is 10.2 Å². The molecule has 1 aliphatic rings. The molecule has 0 unspecified atom stereocenters. The van der Waals surface area contributed by atoms with Gasteiger partial charge in [-0.3, -0.25) is 13.9 Å². The summed E-state index contributed by atoms with van der Waals surface area (Å²) in [5, 5.41) is 3.56. The van der Waals surface area contributed by atoms with Crippen molar-refractivity contribution >= 4 is 39.1 Å². The van der Waals surface area contributed by atoms with E-state index in [4.69, 9.17) is 11.6 Å². The summed E-state index contributed by atoms with van der Waals surface area (Å²) in [6.45, 7) is 1.17. The Hall–Kier alpha value is -4.21. The molecule has 0 saturated heterocycles. The first-order chi connectivity index (χ1) is 22.6. The van der Waals surface area contributed by atoms with Crippen LogP contribution in [0.2, 0.25) is 5.02 Å². The first-order valence-electron chi connectivity index (χ1n) is 15.8. The summed E-state index contributed by atoms with van der Waals surface area (Å²) >= 11 is 6.07. The van der Waals surface area contributed by atoms with Crippen molar-refractivity contribution in [2.75, 3.05) is 10.8 Å². The smallest absolute Gasteiger partial charge is 0.264 e. The second-order valence-electron chi connectivity index (χ2n) is 11.9. The minimum Gasteiger partial charge on any atom is -0.352 e. The van der Waals surface area contributed by atoms with Crippen LogP contribution in [-0.2, 0) is 32.6 Å². The molecule has 10 heteroatoms. The molecule has 246 valence electrons. The van der Waals surface area contributed by atoms with Crippen LogP contribution in [0.1, 0.15) is 48.8 Å². The Labute approximate surface area is 281 Å². The Morgan fingerprint density at radius 3 is 2.15 bits per heavy atom. The number of para-hydroxylation sites is 1. The van der Waals surface area contributed by atoms with Gasteiger partial charge in [0.1, 0.15) is 18.4 Å². The van der Waals surface area contributed by atoms with E-state index in [1.807, 2.05) is 30.3 Å². The summed E-state index contributed by atoms with van der Waals surface area (Å²) < 4.78 is 43.4. The molecule has 0 heterocycles. The van der Waals surface area contributed by atoms with Gasteiger partial charge in [0.2, 0.25) is 11.8 Å². The van der Waals surface area contributed by atoms with Crippen molar-refractivity contribution in [2.45, 2.75) is 69.0 Å². The molecule has 4 aromatic rings. The molecular formula is C37H39ClFN3O4S. The molecule has 0 radical (unpaired) electrons. The highest BCUT2D eigenvalue weighted by Gasteiger charge is 2.35. The zero-order valence-corrected chi connectivity index (χ0v) is 27.9. The molecule has 0 spiro atoms. The zero-order valence-electron chi connectivity index (χ0n) is 26.3. The fourth-order valence-electron chi connectivity index (χ4n) is 5.98. The van der Waals surface area contributed by atoms with E-state index in [1.165, 1.54) is 41.3 Å². The average Bonchev–Trinajstić information content (AvgIpc) is 3.07. The third-order valence-electron chi connectivity index (χ3n) is 8.55. The van der Waals surface area contributed by atoms with Gasteiger partial charge in [-0.25, -0.2) is 12.8 Å². The lowest BCUT2D eigenvalue weighted by molar-refractivity contribution is -0.140. The molecule has 1 fully saturated rings. The fourth-order valence-corrected chi connectivity index (χ4v) is 7.58. The number of benzene rings is 4. The standard InChI is InChI=1S/C37H39ClFN3O4S/c1-27-10-8-9-15-34(27)42(47(45,46)33-22-18-30(38)19-23-33)26-36(43)41(25-29-16-20-31(39)21-17-29)35(24-28-11-4-2-5-12-28)37(44)40-32-13-6-3-7-14-32/h2,4-5,8-12,15-23,32,35H,3,6-7,13-14,24-26H2,1H3,(H,40,44)/t35-/m0/s1. The number of hydrogen-bond acceptors (Lipinski definition) is 4. The molecule has 47 heavy (non-hydrogen) atoms. The van der Waals surface area contributed by atoms with Crippen LogP contribution in [0, 0.1) is 12.7 Å². The van der Waals surface area contributed by atoms with Crippen LogP contribution < -0.4 is 9.62 Å². The van der Waals surface area contributed by atoms with Crippen molar-refractivity contribution in [3.8, 4) is 0 Å². The lowest BCUT2D eigenvalue weighted by Crippen LogP contribution is -2.55. The Bertz CT molecular complexity index is 1760. The lowest BCUT2D eigenvalue weighted by Gasteiger charge is -2.35. The highest BCUT2D eigenvalue weighted by molar-refractivity contribution is 7.92. The summed E-state index contributed by atoms with van der Waals surface area (Å²) in [5.41, 5.74) is 2.44. The first-order valence-corrected chi connectivity index (χ1v) is 17.7. The summed E-state index contributed by atoms with van der Waals surface area (Å²) in [6.07, 6.45) is 5.07. The second kappa shape index (κ2) is 15.6. The molecule has 7 nitrogen and oxygen atoms in total. The quantitative estimate of drug-likeness (QED) is 0.174. The molecule has 0 aliphatic heterocycles. The molecule has 1 saturated carbocycles. The van der Waals surface area contributed by atoms with Crippen molar-refractivity contribution in [1.82, 2.24) is 10.2 Å². The van der Waals surface area contributed by atoms with Crippen molar-refractivity contribution < 1.29 is 22.4 Å². The van der Waals surface area contributed by atoms with Crippen LogP contribution in [0.25, 0.3) is 0 Å². The van der Waals surface area contributed by atoms with Gasteiger partial charge in [-0.05, 0) is 78.9 Å². The summed E-state index contributed by atoms with van der Waals surface area (Å²) in [4.78, 5) is 30.2. The number of nitrogens with zero attached hydrogens (tertiary/aromatic N) is 2. The summed E-state index contributed by atoms with van der Waals surface area (Å²) in [5.74, 6) is -1.31. The molecule has 4 aromatic carbocycles. The van der Waals surface area contributed by atoms with Gasteiger partial charge in [0.25, 0.3) is 10.0 Å². The predicted octanol–water partition coefficient (Wildman–Crippen LogP) is 7.07. The number of halogens is 2. The molecule has 5 rings (SSSR count). The van der Waals surface area contributed by atoms with Crippen LogP contribution >= 0.6 is 11.6 Å². The van der Waals surface area contributed by atoms with Crippen LogP contribution in [-0.4, -0.2) is 43.8 Å². The fraction of sp³-hybridized carbons (Fsp3) is 0.297. The van der Waals surface area contributed by atoms with Crippen LogP contribution in [0.3, 0.4) is 0 Å². The third kappa shape index (κ3) is 8.78. The topological polar surface area (TPSA) is 86.8 Å². The minimum atomic E-state index is -4.25. The highest BCUT2D eigenvalue weighted by Crippen LogP contribution is 2.28. The number of carbonyl (C=O) groups is 2. The van der Waals surface area contributed by atoms with Crippen LogP contribution in [0.15, 0.2) is 108 Å². The van der Waals surface area contributed by atoms with E-state index in [9.17, 15) is 22.4 Å². The van der Waals surface area contributed by atoms with Crippen LogP contribution in [0.4, 0.5) is 10.1 Å². The molecular weight excluding hydrogens is 637 g/mol. The Balaban J connectivity index is 1.56. The maximum Gasteiger partial charge on any atom is 0.264 e. The SMILES string of the molecule is Cc1ccccc1N(CC(=O)N(Cc1ccc(F)cc1)[C@@H](Cc1ccccc1)C(=O)NC1CCCCC1)S(=O)(=O)c1ccc(Cl)cc1. The van der Waals surface area contributed by atoms with Gasteiger partial charge in [-0.2, -0.15) is 0 Å². The highest BCUT2D eigenvalue weighted by atomic mass is 35.5. The van der Waals surface area contributed by atoms with Crippen molar-refractivity contribution in [3.05, 3.63) is 131 Å². The molecule has 0 bridgehead atoms. The van der Waals surface area contributed by atoms with Gasteiger partial charge in [0, 0.05) is 24.0 Å². The van der Waals surface area contributed by atoms with E-state index in [1.54, 1.807) is 43.3 Å². The molecule has 1 N–H and O–H groups in total. The first kappa shape index (κ1) is 34.1. The number of amides is 2. The van der Waals surface area contributed by atoms with E-state index in [-0.39, 0.29) is 29.8 Å². The minimum absolute atomic E-state index is 0.00829. The van der Waals surface area contributed by atoms with Crippen molar-refractivity contribution in [3.63, 3.8) is 0 Å². The van der Waals surface area contributed by atoms with E-state index in [0.717, 1.165) is 42.0 Å². The molecule has 1 atom stereocenters. The molecule has 2 amide bonds. The second-order valence-corrected chi connectivity index (χ2v) is 14.2. The number of anilines is 1. The number of carbonyl (C=O) groups excluding carboxylic acids is 2. The largest absolute Gasteiger partial charge is 0.352 e. The molecule has 1 aliphatic carbocycles. The number of sulfonamides is 1. The normalized spacial score (nSPS) is 14.3. The van der Waals surface area contributed by atoms with E-state index in [2.05, 4.69) is 5.32 Å². The Morgan fingerprint density at radius 1 is 0.851 bits per heavy atom. The average molecular weight is 676 g/mol. The van der Waals surface area contributed by atoms with E-state index < -0.39 is 34.3 Å². The van der Waals surface area contributed by atoms with Gasteiger partial charge >= 0.3 is 0 Å².